The molecule has 23 heavy (non-hydrogen) atoms. The van der Waals surface area contributed by atoms with Gasteiger partial charge in [0.25, 0.3) is 0 Å². The molecule has 1 rings (SSSR count). The van der Waals surface area contributed by atoms with E-state index < -0.39 is 17.3 Å². The summed E-state index contributed by atoms with van der Waals surface area (Å²) in [5, 5.41) is 16.0. The molecule has 1 atom stereocenters. The SMILES string of the molecule is COc1ccc(NC(=O)OC(C)(C)C)c(NC(C)C(C)(C)O)c1. The van der Waals surface area contributed by atoms with Gasteiger partial charge in [-0.25, -0.2) is 4.79 Å². The van der Waals surface area contributed by atoms with Gasteiger partial charge in [-0.3, -0.25) is 5.32 Å². The highest BCUT2D eigenvalue weighted by Crippen LogP contribution is 2.29. The first-order valence-electron chi connectivity index (χ1n) is 7.59. The molecule has 0 saturated carbocycles. The van der Waals surface area contributed by atoms with Gasteiger partial charge in [-0.15, -0.1) is 0 Å². The fourth-order valence-corrected chi connectivity index (χ4v) is 1.70. The molecule has 0 aliphatic heterocycles. The summed E-state index contributed by atoms with van der Waals surface area (Å²) in [6, 6.07) is 4.98. The maximum absolute atomic E-state index is 12.0. The number of anilines is 2. The number of carbonyl (C=O) groups excluding carboxylic acids is 1. The molecule has 1 unspecified atom stereocenters. The molecule has 0 aromatic heterocycles. The van der Waals surface area contributed by atoms with Crippen molar-refractivity contribution in [2.75, 3.05) is 17.7 Å². The molecule has 1 aromatic rings. The summed E-state index contributed by atoms with van der Waals surface area (Å²) >= 11 is 0. The number of ether oxygens (including phenoxy) is 2. The van der Waals surface area contributed by atoms with Crippen molar-refractivity contribution in [1.82, 2.24) is 0 Å². The van der Waals surface area contributed by atoms with E-state index in [9.17, 15) is 9.90 Å². The number of methoxy groups -OCH3 is 1. The highest BCUT2D eigenvalue weighted by atomic mass is 16.6. The van der Waals surface area contributed by atoms with Gasteiger partial charge in [0.1, 0.15) is 11.4 Å². The lowest BCUT2D eigenvalue weighted by Gasteiger charge is -2.29. The van der Waals surface area contributed by atoms with Crippen LogP contribution in [0.5, 0.6) is 5.75 Å². The first-order valence-corrected chi connectivity index (χ1v) is 7.59. The standard InChI is InChI=1S/C17H28N2O4/c1-11(17(5,6)21)18-14-10-12(22-7)8-9-13(14)19-15(20)23-16(2,3)4/h8-11,18,21H,1-7H3,(H,19,20). The van der Waals surface area contributed by atoms with Gasteiger partial charge >= 0.3 is 6.09 Å². The molecular formula is C17H28N2O4. The Morgan fingerprint density at radius 2 is 1.78 bits per heavy atom. The van der Waals surface area contributed by atoms with Crippen molar-refractivity contribution in [2.45, 2.75) is 58.8 Å². The fourth-order valence-electron chi connectivity index (χ4n) is 1.70. The van der Waals surface area contributed by atoms with E-state index in [1.165, 1.54) is 0 Å². The predicted octanol–water partition coefficient (Wildman–Crippen LogP) is 3.61. The van der Waals surface area contributed by atoms with Crippen molar-refractivity contribution in [3.05, 3.63) is 18.2 Å². The van der Waals surface area contributed by atoms with Crippen LogP contribution in [0, 0.1) is 0 Å². The third-order valence-corrected chi connectivity index (χ3v) is 3.29. The number of carbonyl (C=O) groups is 1. The van der Waals surface area contributed by atoms with Crippen LogP contribution in [0.15, 0.2) is 18.2 Å². The van der Waals surface area contributed by atoms with Gasteiger partial charge in [0, 0.05) is 6.07 Å². The summed E-state index contributed by atoms with van der Waals surface area (Å²) in [5.74, 6) is 0.644. The van der Waals surface area contributed by atoms with Gasteiger partial charge in [0.15, 0.2) is 0 Å². The molecule has 0 radical (unpaired) electrons. The molecule has 1 amide bonds. The van der Waals surface area contributed by atoms with Crippen molar-refractivity contribution in [1.29, 1.82) is 0 Å². The summed E-state index contributed by atoms with van der Waals surface area (Å²) in [6.07, 6.45) is -0.540. The molecule has 0 saturated heterocycles. The van der Waals surface area contributed by atoms with Crippen molar-refractivity contribution in [3.63, 3.8) is 0 Å². The summed E-state index contributed by atoms with van der Waals surface area (Å²) < 4.78 is 10.5. The molecule has 0 spiro atoms. The van der Waals surface area contributed by atoms with Crippen LogP contribution in [0.4, 0.5) is 16.2 Å². The van der Waals surface area contributed by atoms with Crippen molar-refractivity contribution < 1.29 is 19.4 Å². The predicted molar refractivity (Wildman–Crippen MR) is 92.2 cm³/mol. The van der Waals surface area contributed by atoms with Gasteiger partial charge in [-0.05, 0) is 53.7 Å². The zero-order valence-corrected chi connectivity index (χ0v) is 15.0. The molecule has 6 nitrogen and oxygen atoms in total. The van der Waals surface area contributed by atoms with Crippen LogP contribution in [0.1, 0.15) is 41.5 Å². The number of aliphatic hydroxyl groups is 1. The Bertz CT molecular complexity index is 545. The molecule has 1 aromatic carbocycles. The Morgan fingerprint density at radius 1 is 1.17 bits per heavy atom. The second-order valence-corrected chi connectivity index (χ2v) is 7.06. The van der Waals surface area contributed by atoms with Crippen LogP contribution in [-0.4, -0.2) is 35.6 Å². The molecule has 6 heteroatoms. The lowest BCUT2D eigenvalue weighted by Crippen LogP contribution is -2.39. The molecule has 130 valence electrons. The zero-order chi connectivity index (χ0) is 17.8. The van der Waals surface area contributed by atoms with Gasteiger partial charge in [-0.2, -0.15) is 0 Å². The molecular weight excluding hydrogens is 296 g/mol. The van der Waals surface area contributed by atoms with E-state index in [4.69, 9.17) is 9.47 Å². The third-order valence-electron chi connectivity index (χ3n) is 3.29. The molecule has 0 bridgehead atoms. The largest absolute Gasteiger partial charge is 0.497 e. The second-order valence-electron chi connectivity index (χ2n) is 7.06. The highest BCUT2D eigenvalue weighted by Gasteiger charge is 2.24. The number of nitrogens with one attached hydrogen (secondary N) is 2. The van der Waals surface area contributed by atoms with E-state index in [-0.39, 0.29) is 6.04 Å². The lowest BCUT2D eigenvalue weighted by atomic mass is 10.0. The van der Waals surface area contributed by atoms with E-state index in [0.717, 1.165) is 0 Å². The summed E-state index contributed by atoms with van der Waals surface area (Å²) in [4.78, 5) is 12.0. The van der Waals surface area contributed by atoms with E-state index in [0.29, 0.717) is 17.1 Å². The Kier molecular flexibility index (Phi) is 5.88. The van der Waals surface area contributed by atoms with Gasteiger partial charge in [-0.1, -0.05) is 0 Å². The molecule has 0 fully saturated rings. The smallest absolute Gasteiger partial charge is 0.412 e. The fraction of sp³-hybridized carbons (Fsp3) is 0.588. The monoisotopic (exact) mass is 324 g/mol. The van der Waals surface area contributed by atoms with E-state index >= 15 is 0 Å². The van der Waals surface area contributed by atoms with E-state index in [1.54, 1.807) is 59.9 Å². The first-order chi connectivity index (χ1) is 10.4. The minimum Gasteiger partial charge on any atom is -0.497 e. The average molecular weight is 324 g/mol. The molecule has 3 N–H and O–H groups in total. The summed E-state index contributed by atoms with van der Waals surface area (Å²) in [7, 11) is 1.57. The van der Waals surface area contributed by atoms with E-state index in [2.05, 4.69) is 10.6 Å². The van der Waals surface area contributed by atoms with Crippen LogP contribution in [0.2, 0.25) is 0 Å². The van der Waals surface area contributed by atoms with Crippen LogP contribution >= 0.6 is 0 Å². The number of hydrogen-bond donors (Lipinski definition) is 3. The van der Waals surface area contributed by atoms with Gasteiger partial charge in [0.2, 0.25) is 0 Å². The quantitative estimate of drug-likeness (QED) is 0.771. The topological polar surface area (TPSA) is 79.8 Å². The number of amides is 1. The minimum absolute atomic E-state index is 0.242. The van der Waals surface area contributed by atoms with Crippen molar-refractivity contribution in [2.24, 2.45) is 0 Å². The minimum atomic E-state index is -0.924. The van der Waals surface area contributed by atoms with Crippen LogP contribution in [-0.2, 0) is 4.74 Å². The number of rotatable bonds is 5. The Hall–Kier alpha value is -1.95. The zero-order valence-electron chi connectivity index (χ0n) is 15.0. The van der Waals surface area contributed by atoms with Crippen molar-refractivity contribution >= 4 is 17.5 Å². The van der Waals surface area contributed by atoms with Crippen LogP contribution in [0.25, 0.3) is 0 Å². The lowest BCUT2D eigenvalue weighted by molar-refractivity contribution is 0.0635. The van der Waals surface area contributed by atoms with Gasteiger partial charge in [0.05, 0.1) is 30.1 Å². The van der Waals surface area contributed by atoms with Crippen molar-refractivity contribution in [3.8, 4) is 5.75 Å². The summed E-state index contributed by atoms with van der Waals surface area (Å²) in [5.41, 5.74) is -0.308. The highest BCUT2D eigenvalue weighted by molar-refractivity contribution is 5.90. The normalized spacial score (nSPS) is 13.2. The van der Waals surface area contributed by atoms with Crippen LogP contribution in [0.3, 0.4) is 0 Å². The van der Waals surface area contributed by atoms with Gasteiger partial charge < -0.3 is 19.9 Å². The Balaban J connectivity index is 3.00. The molecule has 0 aliphatic carbocycles. The summed E-state index contributed by atoms with van der Waals surface area (Å²) in [6.45, 7) is 10.7. The molecule has 0 heterocycles. The van der Waals surface area contributed by atoms with E-state index in [1.807, 2.05) is 6.92 Å². The Morgan fingerprint density at radius 3 is 2.26 bits per heavy atom. The number of benzene rings is 1. The van der Waals surface area contributed by atoms with Crippen LogP contribution < -0.4 is 15.4 Å². The number of hydrogen-bond acceptors (Lipinski definition) is 5. The Labute approximate surface area is 138 Å². The third kappa shape index (κ3) is 6.36. The average Bonchev–Trinajstić information content (AvgIpc) is 2.37. The maximum atomic E-state index is 12.0. The maximum Gasteiger partial charge on any atom is 0.412 e. The molecule has 0 aliphatic rings. The second kappa shape index (κ2) is 7.08. The first kappa shape index (κ1) is 19.1.